The van der Waals surface area contributed by atoms with Gasteiger partial charge in [-0.25, -0.2) is 0 Å². The van der Waals surface area contributed by atoms with Crippen molar-refractivity contribution >= 4 is 17.5 Å². The Morgan fingerprint density at radius 3 is 3.00 bits per heavy atom. The molecule has 2 N–H and O–H groups in total. The van der Waals surface area contributed by atoms with E-state index in [1.807, 2.05) is 29.2 Å². The van der Waals surface area contributed by atoms with Crippen LogP contribution in [0.15, 0.2) is 24.3 Å². The van der Waals surface area contributed by atoms with Gasteiger partial charge in [0.2, 0.25) is 11.8 Å². The van der Waals surface area contributed by atoms with Crippen LogP contribution in [0.2, 0.25) is 0 Å². The van der Waals surface area contributed by atoms with E-state index in [0.29, 0.717) is 13.0 Å². The van der Waals surface area contributed by atoms with Gasteiger partial charge >= 0.3 is 0 Å². The van der Waals surface area contributed by atoms with Crippen LogP contribution in [0.3, 0.4) is 0 Å². The molecule has 0 bridgehead atoms. The normalized spacial score (nSPS) is 21.8. The molecule has 1 aromatic rings. The molecule has 2 fully saturated rings. The maximum atomic E-state index is 12.0. The zero-order valence-electron chi connectivity index (χ0n) is 12.1. The van der Waals surface area contributed by atoms with Gasteiger partial charge in [0.25, 0.3) is 0 Å². The van der Waals surface area contributed by atoms with Crippen LogP contribution in [0.5, 0.6) is 0 Å². The van der Waals surface area contributed by atoms with Gasteiger partial charge in [-0.15, -0.1) is 0 Å². The molecule has 112 valence electrons. The van der Waals surface area contributed by atoms with Gasteiger partial charge in [-0.1, -0.05) is 12.1 Å². The molecule has 21 heavy (non-hydrogen) atoms. The van der Waals surface area contributed by atoms with E-state index in [-0.39, 0.29) is 17.9 Å². The van der Waals surface area contributed by atoms with Gasteiger partial charge < -0.3 is 15.5 Å². The number of anilines is 1. The minimum atomic E-state index is -0.0478. The lowest BCUT2D eigenvalue weighted by Crippen LogP contribution is -2.40. The van der Waals surface area contributed by atoms with Gasteiger partial charge in [-0.05, 0) is 43.5 Å². The second-order valence-electron chi connectivity index (χ2n) is 5.69. The smallest absolute Gasteiger partial charge is 0.237 e. The molecular weight excluding hydrogens is 266 g/mol. The van der Waals surface area contributed by atoms with Crippen LogP contribution in [0.4, 0.5) is 5.69 Å². The number of amides is 2. The number of hydrogen-bond acceptors (Lipinski definition) is 3. The SMILES string of the molecule is O=C(NCc1cccc(N2CCCC2=O)c1)C1CCCN1. The summed E-state index contributed by atoms with van der Waals surface area (Å²) < 4.78 is 0. The molecule has 0 aliphatic carbocycles. The summed E-state index contributed by atoms with van der Waals surface area (Å²) in [7, 11) is 0. The predicted molar refractivity (Wildman–Crippen MR) is 80.9 cm³/mol. The van der Waals surface area contributed by atoms with E-state index in [2.05, 4.69) is 10.6 Å². The van der Waals surface area contributed by atoms with E-state index in [4.69, 9.17) is 0 Å². The lowest BCUT2D eigenvalue weighted by molar-refractivity contribution is -0.123. The topological polar surface area (TPSA) is 61.4 Å². The minimum absolute atomic E-state index is 0.0478. The first kappa shape index (κ1) is 14.1. The molecule has 2 aliphatic rings. The fraction of sp³-hybridized carbons (Fsp3) is 0.500. The van der Waals surface area contributed by atoms with Gasteiger partial charge in [-0.3, -0.25) is 9.59 Å². The second-order valence-corrected chi connectivity index (χ2v) is 5.69. The van der Waals surface area contributed by atoms with Crippen molar-refractivity contribution in [1.82, 2.24) is 10.6 Å². The van der Waals surface area contributed by atoms with Crippen LogP contribution in [-0.2, 0) is 16.1 Å². The molecule has 0 spiro atoms. The molecule has 2 amide bonds. The van der Waals surface area contributed by atoms with Crippen LogP contribution in [0, 0.1) is 0 Å². The summed E-state index contributed by atoms with van der Waals surface area (Å²) in [6, 6.07) is 7.81. The maximum absolute atomic E-state index is 12.0. The first-order valence-electron chi connectivity index (χ1n) is 7.64. The highest BCUT2D eigenvalue weighted by atomic mass is 16.2. The van der Waals surface area contributed by atoms with Crippen molar-refractivity contribution in [2.45, 2.75) is 38.3 Å². The van der Waals surface area contributed by atoms with Crippen molar-refractivity contribution in [3.05, 3.63) is 29.8 Å². The zero-order chi connectivity index (χ0) is 14.7. The summed E-state index contributed by atoms with van der Waals surface area (Å²) >= 11 is 0. The minimum Gasteiger partial charge on any atom is -0.351 e. The van der Waals surface area contributed by atoms with Crippen molar-refractivity contribution in [2.24, 2.45) is 0 Å². The number of nitrogens with zero attached hydrogens (tertiary/aromatic N) is 1. The molecule has 2 saturated heterocycles. The van der Waals surface area contributed by atoms with Crippen LogP contribution in [-0.4, -0.2) is 30.9 Å². The van der Waals surface area contributed by atoms with E-state index < -0.39 is 0 Å². The number of hydrogen-bond donors (Lipinski definition) is 2. The molecule has 5 heteroatoms. The second kappa shape index (κ2) is 6.26. The Balaban J connectivity index is 1.60. The monoisotopic (exact) mass is 287 g/mol. The van der Waals surface area contributed by atoms with Crippen molar-refractivity contribution in [2.75, 3.05) is 18.0 Å². The molecule has 2 heterocycles. The Bertz CT molecular complexity index is 538. The van der Waals surface area contributed by atoms with Crippen LogP contribution in [0.1, 0.15) is 31.2 Å². The molecule has 1 atom stereocenters. The summed E-state index contributed by atoms with van der Waals surface area (Å²) in [5.41, 5.74) is 1.96. The van der Waals surface area contributed by atoms with Gasteiger partial charge in [0.1, 0.15) is 0 Å². The van der Waals surface area contributed by atoms with E-state index >= 15 is 0 Å². The van der Waals surface area contributed by atoms with Gasteiger partial charge in [-0.2, -0.15) is 0 Å². The Labute approximate surface area is 124 Å². The Hall–Kier alpha value is -1.88. The van der Waals surface area contributed by atoms with Crippen molar-refractivity contribution in [1.29, 1.82) is 0 Å². The molecule has 2 aliphatic heterocycles. The van der Waals surface area contributed by atoms with Crippen molar-refractivity contribution in [3.63, 3.8) is 0 Å². The maximum Gasteiger partial charge on any atom is 0.237 e. The Kier molecular flexibility index (Phi) is 4.20. The lowest BCUT2D eigenvalue weighted by atomic mass is 10.1. The first-order chi connectivity index (χ1) is 10.2. The molecular formula is C16H21N3O2. The van der Waals surface area contributed by atoms with Crippen LogP contribution >= 0.6 is 0 Å². The van der Waals surface area contributed by atoms with Crippen LogP contribution < -0.4 is 15.5 Å². The number of carbonyl (C=O) groups is 2. The summed E-state index contributed by atoms with van der Waals surface area (Å²) in [6.45, 7) is 2.22. The van der Waals surface area contributed by atoms with E-state index in [1.54, 1.807) is 0 Å². The Morgan fingerprint density at radius 1 is 1.38 bits per heavy atom. The summed E-state index contributed by atoms with van der Waals surface area (Å²) in [5.74, 6) is 0.251. The van der Waals surface area contributed by atoms with E-state index in [0.717, 1.165) is 43.6 Å². The molecule has 0 saturated carbocycles. The van der Waals surface area contributed by atoms with Crippen molar-refractivity contribution in [3.8, 4) is 0 Å². The summed E-state index contributed by atoms with van der Waals surface area (Å²) in [6.07, 6.45) is 3.53. The molecule has 1 aromatic carbocycles. The fourth-order valence-electron chi connectivity index (χ4n) is 2.98. The number of nitrogens with one attached hydrogen (secondary N) is 2. The average Bonchev–Trinajstić information content (AvgIpc) is 3.16. The third kappa shape index (κ3) is 3.24. The first-order valence-corrected chi connectivity index (χ1v) is 7.64. The van der Waals surface area contributed by atoms with Gasteiger partial charge in [0.05, 0.1) is 6.04 Å². The molecule has 3 rings (SSSR count). The van der Waals surface area contributed by atoms with Gasteiger partial charge in [0.15, 0.2) is 0 Å². The quantitative estimate of drug-likeness (QED) is 0.874. The Morgan fingerprint density at radius 2 is 2.29 bits per heavy atom. The molecule has 0 aromatic heterocycles. The summed E-state index contributed by atoms with van der Waals surface area (Å²) in [5, 5.41) is 6.15. The number of rotatable bonds is 4. The zero-order valence-corrected chi connectivity index (χ0v) is 12.1. The number of benzene rings is 1. The largest absolute Gasteiger partial charge is 0.351 e. The van der Waals surface area contributed by atoms with Crippen molar-refractivity contribution < 1.29 is 9.59 Å². The predicted octanol–water partition coefficient (Wildman–Crippen LogP) is 1.18. The molecule has 0 radical (unpaired) electrons. The lowest BCUT2D eigenvalue weighted by Gasteiger charge is -2.17. The van der Waals surface area contributed by atoms with E-state index in [9.17, 15) is 9.59 Å². The highest BCUT2D eigenvalue weighted by Crippen LogP contribution is 2.22. The van der Waals surface area contributed by atoms with E-state index in [1.165, 1.54) is 0 Å². The van der Waals surface area contributed by atoms with Crippen LogP contribution in [0.25, 0.3) is 0 Å². The number of carbonyl (C=O) groups excluding carboxylic acids is 2. The highest BCUT2D eigenvalue weighted by molar-refractivity contribution is 5.95. The average molecular weight is 287 g/mol. The molecule has 5 nitrogen and oxygen atoms in total. The van der Waals surface area contributed by atoms with Gasteiger partial charge in [0, 0.05) is 25.2 Å². The molecule has 1 unspecified atom stereocenters. The standard InChI is InChI=1S/C16H21N3O2/c20-15-7-3-9-19(15)13-5-1-4-12(10-13)11-18-16(21)14-6-2-8-17-14/h1,4-5,10,14,17H,2-3,6-9,11H2,(H,18,21). The highest BCUT2D eigenvalue weighted by Gasteiger charge is 2.23. The fourth-order valence-corrected chi connectivity index (χ4v) is 2.98. The third-order valence-corrected chi connectivity index (χ3v) is 4.14. The third-order valence-electron chi connectivity index (χ3n) is 4.14. The summed E-state index contributed by atoms with van der Waals surface area (Å²) in [4.78, 5) is 25.6.